The number of aromatic amines is 1. The van der Waals surface area contributed by atoms with Crippen molar-refractivity contribution in [3.05, 3.63) is 119 Å². The molecular formula is C35H28F2N8S2. The molecule has 0 aliphatic carbocycles. The predicted octanol–water partition coefficient (Wildman–Crippen LogP) is 9.06. The van der Waals surface area contributed by atoms with Crippen molar-refractivity contribution >= 4 is 61.5 Å². The maximum atomic E-state index is 13.7. The minimum absolute atomic E-state index is 0.0968. The van der Waals surface area contributed by atoms with Crippen LogP contribution in [-0.4, -0.2) is 29.9 Å². The highest BCUT2D eigenvalue weighted by Gasteiger charge is 2.18. The van der Waals surface area contributed by atoms with E-state index in [1.54, 1.807) is 41.1 Å². The van der Waals surface area contributed by atoms with Crippen LogP contribution in [0.4, 0.5) is 14.6 Å². The molecule has 8 rings (SSSR count). The molecule has 0 fully saturated rings. The SMILES string of the molecule is C[C@H](N)c1cc2ccc(F)cc2nc1-c1cccs1.C[C@H](Nc1ncnc2nc[nH]c12)c1cc2ccc(F)cc2nc1-c1cccs1. The lowest BCUT2D eigenvalue weighted by molar-refractivity contribution is 0.629. The third kappa shape index (κ3) is 6.30. The van der Waals surface area contributed by atoms with Crippen LogP contribution in [0.5, 0.6) is 0 Å². The van der Waals surface area contributed by atoms with Crippen LogP contribution in [0.15, 0.2) is 96.2 Å². The molecule has 0 radical (unpaired) electrons. The Morgan fingerprint density at radius 2 is 1.34 bits per heavy atom. The summed E-state index contributed by atoms with van der Waals surface area (Å²) < 4.78 is 27.0. The first kappa shape index (κ1) is 30.5. The number of benzene rings is 2. The molecular weight excluding hydrogens is 635 g/mol. The molecule has 234 valence electrons. The van der Waals surface area contributed by atoms with Crippen LogP contribution in [0, 0.1) is 11.6 Å². The molecule has 0 aliphatic heterocycles. The highest BCUT2D eigenvalue weighted by Crippen LogP contribution is 2.35. The molecule has 12 heteroatoms. The number of pyridine rings is 2. The van der Waals surface area contributed by atoms with E-state index in [1.807, 2.05) is 54.9 Å². The fourth-order valence-electron chi connectivity index (χ4n) is 5.37. The van der Waals surface area contributed by atoms with E-state index in [0.29, 0.717) is 22.5 Å². The number of imidazole rings is 1. The molecule has 8 nitrogen and oxygen atoms in total. The van der Waals surface area contributed by atoms with Gasteiger partial charge in [0.1, 0.15) is 23.5 Å². The Morgan fingerprint density at radius 3 is 1.91 bits per heavy atom. The third-order valence-corrected chi connectivity index (χ3v) is 9.41. The van der Waals surface area contributed by atoms with Crippen molar-refractivity contribution in [3.8, 4) is 21.1 Å². The highest BCUT2D eigenvalue weighted by molar-refractivity contribution is 7.13. The van der Waals surface area contributed by atoms with Crippen molar-refractivity contribution in [2.24, 2.45) is 5.73 Å². The zero-order valence-corrected chi connectivity index (χ0v) is 26.9. The lowest BCUT2D eigenvalue weighted by Gasteiger charge is -2.18. The maximum absolute atomic E-state index is 13.7. The van der Waals surface area contributed by atoms with Gasteiger partial charge in [0.2, 0.25) is 0 Å². The molecule has 8 aromatic rings. The summed E-state index contributed by atoms with van der Waals surface area (Å²) in [6.07, 6.45) is 3.08. The van der Waals surface area contributed by atoms with E-state index in [9.17, 15) is 8.78 Å². The molecule has 0 amide bonds. The van der Waals surface area contributed by atoms with Crippen molar-refractivity contribution in [2.75, 3.05) is 5.32 Å². The van der Waals surface area contributed by atoms with Crippen LogP contribution < -0.4 is 11.1 Å². The Morgan fingerprint density at radius 1 is 0.745 bits per heavy atom. The number of aromatic nitrogens is 6. The predicted molar refractivity (Wildman–Crippen MR) is 186 cm³/mol. The number of nitrogens with two attached hydrogens (primary N) is 1. The van der Waals surface area contributed by atoms with Gasteiger partial charge in [-0.05, 0) is 78.7 Å². The molecule has 6 heterocycles. The van der Waals surface area contributed by atoms with E-state index >= 15 is 0 Å². The highest BCUT2D eigenvalue weighted by atomic mass is 32.1. The molecule has 4 N–H and O–H groups in total. The van der Waals surface area contributed by atoms with Crippen molar-refractivity contribution in [1.82, 2.24) is 29.9 Å². The summed E-state index contributed by atoms with van der Waals surface area (Å²) in [5.74, 6) is 0.107. The summed E-state index contributed by atoms with van der Waals surface area (Å²) in [5.41, 5.74) is 12.4. The molecule has 0 aliphatic rings. The van der Waals surface area contributed by atoms with E-state index < -0.39 is 0 Å². The van der Waals surface area contributed by atoms with Crippen molar-refractivity contribution in [1.29, 1.82) is 0 Å². The first-order chi connectivity index (χ1) is 22.8. The van der Waals surface area contributed by atoms with Gasteiger partial charge in [-0.15, -0.1) is 22.7 Å². The number of anilines is 1. The van der Waals surface area contributed by atoms with Crippen LogP contribution in [-0.2, 0) is 0 Å². The number of nitrogens with one attached hydrogen (secondary N) is 2. The lowest BCUT2D eigenvalue weighted by atomic mass is 10.0. The summed E-state index contributed by atoms with van der Waals surface area (Å²) >= 11 is 3.21. The Kier molecular flexibility index (Phi) is 8.37. The van der Waals surface area contributed by atoms with Crippen LogP contribution in [0.3, 0.4) is 0 Å². The fourth-order valence-corrected chi connectivity index (χ4v) is 6.84. The molecule has 2 atom stereocenters. The second-order valence-corrected chi connectivity index (χ2v) is 12.9. The molecule has 0 saturated carbocycles. The molecule has 0 spiro atoms. The van der Waals surface area contributed by atoms with Crippen molar-refractivity contribution in [3.63, 3.8) is 0 Å². The van der Waals surface area contributed by atoms with Gasteiger partial charge in [-0.25, -0.2) is 33.7 Å². The first-order valence-corrected chi connectivity index (χ1v) is 16.5. The largest absolute Gasteiger partial charge is 0.362 e. The first-order valence-electron chi connectivity index (χ1n) is 14.8. The monoisotopic (exact) mass is 662 g/mol. The van der Waals surface area contributed by atoms with Gasteiger partial charge in [0.25, 0.3) is 0 Å². The Hall–Kier alpha value is -5.17. The van der Waals surface area contributed by atoms with Crippen LogP contribution in [0.2, 0.25) is 0 Å². The normalized spacial score (nSPS) is 12.6. The van der Waals surface area contributed by atoms with Gasteiger partial charge in [0, 0.05) is 34.5 Å². The summed E-state index contributed by atoms with van der Waals surface area (Å²) in [7, 11) is 0. The second-order valence-electron chi connectivity index (χ2n) is 11.0. The minimum atomic E-state index is -0.293. The van der Waals surface area contributed by atoms with Gasteiger partial charge in [-0.3, -0.25) is 0 Å². The number of fused-ring (bicyclic) bond motifs is 3. The number of H-pyrrole nitrogens is 1. The number of rotatable bonds is 6. The fraction of sp³-hybridized carbons (Fsp3) is 0.114. The zero-order valence-electron chi connectivity index (χ0n) is 25.3. The third-order valence-electron chi connectivity index (χ3n) is 7.66. The Balaban J connectivity index is 0.000000161. The van der Waals surface area contributed by atoms with Crippen molar-refractivity contribution < 1.29 is 8.78 Å². The van der Waals surface area contributed by atoms with E-state index in [0.717, 1.165) is 48.6 Å². The van der Waals surface area contributed by atoms with Gasteiger partial charge in [0.05, 0.1) is 44.5 Å². The smallest absolute Gasteiger partial charge is 0.182 e. The Bertz CT molecular complexity index is 2320. The number of thiophene rings is 2. The quantitative estimate of drug-likeness (QED) is 0.163. The summed E-state index contributed by atoms with van der Waals surface area (Å²) in [6, 6.07) is 21.1. The van der Waals surface area contributed by atoms with Gasteiger partial charge in [0.15, 0.2) is 11.5 Å². The van der Waals surface area contributed by atoms with Crippen LogP contribution >= 0.6 is 22.7 Å². The van der Waals surface area contributed by atoms with E-state index in [4.69, 9.17) is 10.7 Å². The maximum Gasteiger partial charge on any atom is 0.182 e. The molecule has 6 aromatic heterocycles. The molecule has 47 heavy (non-hydrogen) atoms. The average Bonchev–Trinajstić information content (AvgIpc) is 3.88. The van der Waals surface area contributed by atoms with Crippen LogP contribution in [0.1, 0.15) is 37.1 Å². The van der Waals surface area contributed by atoms with Gasteiger partial charge < -0.3 is 16.0 Å². The summed E-state index contributed by atoms with van der Waals surface area (Å²) in [5, 5.41) is 9.24. The van der Waals surface area contributed by atoms with Gasteiger partial charge in [-0.1, -0.05) is 12.1 Å². The summed E-state index contributed by atoms with van der Waals surface area (Å²) in [6.45, 7) is 3.98. The number of hydrogen-bond acceptors (Lipinski definition) is 9. The van der Waals surface area contributed by atoms with Crippen molar-refractivity contribution in [2.45, 2.75) is 25.9 Å². The number of nitrogens with zero attached hydrogens (tertiary/aromatic N) is 5. The lowest BCUT2D eigenvalue weighted by Crippen LogP contribution is -2.11. The van der Waals surface area contributed by atoms with E-state index in [-0.39, 0.29) is 23.7 Å². The second kappa shape index (κ2) is 12.9. The topological polar surface area (TPSA) is 118 Å². The zero-order chi connectivity index (χ0) is 32.5. The van der Waals surface area contributed by atoms with Crippen LogP contribution in [0.25, 0.3) is 54.1 Å². The Labute approximate surface area is 276 Å². The molecule has 0 saturated heterocycles. The number of hydrogen-bond donors (Lipinski definition) is 3. The van der Waals surface area contributed by atoms with Gasteiger partial charge in [-0.2, -0.15) is 0 Å². The number of halogens is 2. The van der Waals surface area contributed by atoms with E-state index in [2.05, 4.69) is 36.3 Å². The standard InChI is InChI=1S/C20H15FN6S.C15H13FN2S/c1-11(26-20-18-19(23-9-22-18)24-10-25-20)14-7-12-4-5-13(21)8-15(12)27-17(14)16-3-2-6-28-16;1-9(17)12-7-10-4-5-11(16)8-13(10)18-15(12)14-3-2-6-19-14/h2-11H,1H3,(H2,22,23,24,25,26);2-9H,17H2,1H3/t11-;9-/m00/s1. The minimum Gasteiger partial charge on any atom is -0.362 e. The molecule has 0 bridgehead atoms. The average molecular weight is 663 g/mol. The molecule has 0 unspecified atom stereocenters. The molecule has 2 aromatic carbocycles. The summed E-state index contributed by atoms with van der Waals surface area (Å²) in [4.78, 5) is 27.2. The van der Waals surface area contributed by atoms with E-state index in [1.165, 1.54) is 30.6 Å². The van der Waals surface area contributed by atoms with Gasteiger partial charge >= 0.3 is 0 Å².